The lowest BCUT2D eigenvalue weighted by molar-refractivity contribution is -0.137. The first-order chi connectivity index (χ1) is 12.4. The summed E-state index contributed by atoms with van der Waals surface area (Å²) >= 11 is 0. The largest absolute Gasteiger partial charge is 0.417 e. The molecule has 8 heteroatoms. The summed E-state index contributed by atoms with van der Waals surface area (Å²) < 4.78 is 40.7. The number of hydrogen-bond donors (Lipinski definition) is 1. The van der Waals surface area contributed by atoms with Crippen LogP contribution in [-0.4, -0.2) is 20.7 Å². The Morgan fingerprint density at radius 3 is 2.42 bits per heavy atom. The highest BCUT2D eigenvalue weighted by molar-refractivity contribution is 5.96. The first-order valence-corrected chi connectivity index (χ1v) is 7.78. The molecule has 1 atom stereocenters. The van der Waals surface area contributed by atoms with E-state index in [-0.39, 0.29) is 0 Å². The van der Waals surface area contributed by atoms with Crippen LogP contribution in [0.2, 0.25) is 0 Å². The second-order valence-corrected chi connectivity index (χ2v) is 5.67. The number of alkyl halides is 3. The van der Waals surface area contributed by atoms with Crippen molar-refractivity contribution in [2.24, 2.45) is 0 Å². The van der Waals surface area contributed by atoms with E-state index in [0.717, 1.165) is 17.3 Å². The molecule has 0 aliphatic heterocycles. The molecular weight excluding hydrogens is 345 g/mol. The van der Waals surface area contributed by atoms with Crippen molar-refractivity contribution >= 4 is 5.91 Å². The Balaban J connectivity index is 1.76. The van der Waals surface area contributed by atoms with Crippen LogP contribution in [0.5, 0.6) is 0 Å². The molecule has 0 aliphatic carbocycles. The number of nitrogens with zero attached hydrogens (tertiary/aromatic N) is 3. The second kappa shape index (κ2) is 6.99. The molecule has 134 valence electrons. The zero-order chi connectivity index (χ0) is 18.7. The molecule has 0 saturated heterocycles. The van der Waals surface area contributed by atoms with E-state index < -0.39 is 29.3 Å². The molecule has 3 aromatic rings. The van der Waals surface area contributed by atoms with Crippen molar-refractivity contribution in [1.29, 1.82) is 0 Å². The van der Waals surface area contributed by atoms with Gasteiger partial charge in [0.15, 0.2) is 0 Å². The zero-order valence-electron chi connectivity index (χ0n) is 13.7. The van der Waals surface area contributed by atoms with E-state index in [1.54, 1.807) is 42.2 Å². The molecule has 1 aromatic heterocycles. The number of aromatic nitrogens is 3. The van der Waals surface area contributed by atoms with E-state index in [2.05, 4.69) is 15.4 Å². The average molecular weight is 360 g/mol. The molecule has 2 aromatic carbocycles. The summed E-state index contributed by atoms with van der Waals surface area (Å²) in [6.45, 7) is 1.71. The van der Waals surface area contributed by atoms with Gasteiger partial charge in [-0.1, -0.05) is 24.3 Å². The fraction of sp³-hybridized carbons (Fsp3) is 0.167. The summed E-state index contributed by atoms with van der Waals surface area (Å²) in [5.41, 5.74) is 0.191. The molecule has 0 radical (unpaired) electrons. The molecule has 1 amide bonds. The van der Waals surface area contributed by atoms with Crippen molar-refractivity contribution in [3.63, 3.8) is 0 Å². The number of halogens is 3. The van der Waals surface area contributed by atoms with Crippen LogP contribution < -0.4 is 5.32 Å². The summed E-state index contributed by atoms with van der Waals surface area (Å²) in [6.07, 6.45) is -1.63. The van der Waals surface area contributed by atoms with Gasteiger partial charge in [-0.05, 0) is 36.8 Å². The fourth-order valence-corrected chi connectivity index (χ4v) is 2.54. The monoisotopic (exact) mass is 360 g/mol. The fourth-order valence-electron chi connectivity index (χ4n) is 2.54. The standard InChI is InChI=1S/C18H15F3N4O/c1-12(13-6-8-14(9-7-13)25-11-22-10-23-25)24-17(26)15-4-2-3-5-16(15)18(19,20)21/h2-12H,1H3,(H,24,26)/t12-/m1/s1. The van der Waals surface area contributed by atoms with E-state index in [9.17, 15) is 18.0 Å². The van der Waals surface area contributed by atoms with Crippen LogP contribution in [0.4, 0.5) is 13.2 Å². The van der Waals surface area contributed by atoms with Crippen LogP contribution in [0.15, 0.2) is 61.2 Å². The van der Waals surface area contributed by atoms with E-state index in [4.69, 9.17) is 0 Å². The normalized spacial score (nSPS) is 12.6. The summed E-state index contributed by atoms with van der Waals surface area (Å²) in [4.78, 5) is 16.2. The maximum absolute atomic E-state index is 13.1. The van der Waals surface area contributed by atoms with Crippen molar-refractivity contribution in [3.05, 3.63) is 77.9 Å². The third kappa shape index (κ3) is 3.74. The molecule has 0 unspecified atom stereocenters. The van der Waals surface area contributed by atoms with Crippen molar-refractivity contribution < 1.29 is 18.0 Å². The van der Waals surface area contributed by atoms with Gasteiger partial charge >= 0.3 is 6.18 Å². The predicted octanol–water partition coefficient (Wildman–Crippen LogP) is 3.78. The zero-order valence-corrected chi connectivity index (χ0v) is 13.7. The highest BCUT2D eigenvalue weighted by atomic mass is 19.4. The molecule has 26 heavy (non-hydrogen) atoms. The Labute approximate surface area is 147 Å². The topological polar surface area (TPSA) is 59.8 Å². The molecular formula is C18H15F3N4O. The Morgan fingerprint density at radius 1 is 1.12 bits per heavy atom. The smallest absolute Gasteiger partial charge is 0.346 e. The van der Waals surface area contributed by atoms with E-state index in [1.165, 1.54) is 24.5 Å². The minimum Gasteiger partial charge on any atom is -0.346 e. The molecule has 1 heterocycles. The highest BCUT2D eigenvalue weighted by Crippen LogP contribution is 2.32. The number of rotatable bonds is 4. The van der Waals surface area contributed by atoms with Crippen LogP contribution in [0.3, 0.4) is 0 Å². The van der Waals surface area contributed by atoms with Crippen LogP contribution >= 0.6 is 0 Å². The number of nitrogens with one attached hydrogen (secondary N) is 1. The lowest BCUT2D eigenvalue weighted by Crippen LogP contribution is -2.28. The van der Waals surface area contributed by atoms with Crippen LogP contribution in [0, 0.1) is 0 Å². The Kier molecular flexibility index (Phi) is 4.75. The van der Waals surface area contributed by atoms with E-state index in [0.29, 0.717) is 0 Å². The van der Waals surface area contributed by atoms with Crippen molar-refractivity contribution in [3.8, 4) is 5.69 Å². The maximum Gasteiger partial charge on any atom is 0.417 e. The molecule has 5 nitrogen and oxygen atoms in total. The van der Waals surface area contributed by atoms with Crippen LogP contribution in [0.1, 0.15) is 34.5 Å². The molecule has 0 fully saturated rings. The number of carbonyl (C=O) groups excluding carboxylic acids is 1. The summed E-state index contributed by atoms with van der Waals surface area (Å²) in [7, 11) is 0. The highest BCUT2D eigenvalue weighted by Gasteiger charge is 2.35. The van der Waals surface area contributed by atoms with E-state index in [1.807, 2.05) is 0 Å². The summed E-state index contributed by atoms with van der Waals surface area (Å²) in [6, 6.07) is 11.4. The molecule has 3 rings (SSSR count). The number of carbonyl (C=O) groups is 1. The average Bonchev–Trinajstić information content (AvgIpc) is 3.15. The lowest BCUT2D eigenvalue weighted by Gasteiger charge is -2.17. The molecule has 1 N–H and O–H groups in total. The first kappa shape index (κ1) is 17.7. The SMILES string of the molecule is C[C@@H](NC(=O)c1ccccc1C(F)(F)F)c1ccc(-n2cncn2)cc1. The van der Waals surface area contributed by atoms with E-state index >= 15 is 0 Å². The maximum atomic E-state index is 13.1. The minimum absolute atomic E-state index is 0.397. The first-order valence-electron chi connectivity index (χ1n) is 7.78. The van der Waals surface area contributed by atoms with Gasteiger partial charge in [0.05, 0.1) is 22.9 Å². The Morgan fingerprint density at radius 2 is 1.81 bits per heavy atom. The number of amides is 1. The van der Waals surface area contributed by atoms with Crippen LogP contribution in [-0.2, 0) is 6.18 Å². The van der Waals surface area contributed by atoms with Gasteiger partial charge in [0, 0.05) is 0 Å². The van der Waals surface area contributed by atoms with Gasteiger partial charge < -0.3 is 5.32 Å². The van der Waals surface area contributed by atoms with Gasteiger partial charge in [0.1, 0.15) is 12.7 Å². The number of hydrogen-bond acceptors (Lipinski definition) is 3. The minimum atomic E-state index is -4.59. The third-order valence-electron chi connectivity index (χ3n) is 3.90. The number of benzene rings is 2. The van der Waals surface area contributed by atoms with Gasteiger partial charge in [-0.2, -0.15) is 18.3 Å². The molecule has 0 aliphatic rings. The molecule has 0 bridgehead atoms. The predicted molar refractivity (Wildman–Crippen MR) is 88.7 cm³/mol. The summed E-state index contributed by atoms with van der Waals surface area (Å²) in [5, 5.41) is 6.62. The van der Waals surface area contributed by atoms with Gasteiger partial charge in [-0.15, -0.1) is 0 Å². The molecule has 0 spiro atoms. The molecule has 0 saturated carbocycles. The van der Waals surface area contributed by atoms with Crippen molar-refractivity contribution in [1.82, 2.24) is 20.1 Å². The van der Waals surface area contributed by atoms with Gasteiger partial charge in [-0.3, -0.25) is 4.79 Å². The second-order valence-electron chi connectivity index (χ2n) is 5.67. The Bertz CT molecular complexity index is 890. The Hall–Kier alpha value is -3.16. The van der Waals surface area contributed by atoms with Crippen molar-refractivity contribution in [2.45, 2.75) is 19.1 Å². The van der Waals surface area contributed by atoms with Gasteiger partial charge in [0.2, 0.25) is 0 Å². The summed E-state index contributed by atoms with van der Waals surface area (Å²) in [5.74, 6) is -0.772. The lowest BCUT2D eigenvalue weighted by atomic mass is 10.0. The van der Waals surface area contributed by atoms with Crippen molar-refractivity contribution in [2.75, 3.05) is 0 Å². The van der Waals surface area contributed by atoms with Gasteiger partial charge in [0.25, 0.3) is 5.91 Å². The quantitative estimate of drug-likeness (QED) is 0.770. The third-order valence-corrected chi connectivity index (χ3v) is 3.90. The van der Waals surface area contributed by atoms with Gasteiger partial charge in [-0.25, -0.2) is 9.67 Å². The van der Waals surface area contributed by atoms with Crippen LogP contribution in [0.25, 0.3) is 5.69 Å².